The Bertz CT molecular complexity index is 277. The third-order valence-electron chi connectivity index (χ3n) is 3.88. The fourth-order valence-corrected chi connectivity index (χ4v) is 4.12. The Hall–Kier alpha value is -0.220. The van der Waals surface area contributed by atoms with Gasteiger partial charge in [0.2, 0.25) is 5.91 Å². The highest BCUT2D eigenvalue weighted by Gasteiger charge is 2.30. The van der Waals surface area contributed by atoms with Gasteiger partial charge in [0, 0.05) is 19.1 Å². The summed E-state index contributed by atoms with van der Waals surface area (Å²) in [6.45, 7) is 6.20. The second-order valence-corrected chi connectivity index (χ2v) is 7.08. The van der Waals surface area contributed by atoms with Gasteiger partial charge < -0.3 is 10.2 Å². The number of piperidine rings is 1. The summed E-state index contributed by atoms with van der Waals surface area (Å²) in [6.07, 6.45) is 4.74. The van der Waals surface area contributed by atoms with E-state index < -0.39 is 0 Å². The molecule has 0 aromatic rings. The zero-order valence-corrected chi connectivity index (χ0v) is 12.5. The number of thioether (sulfide) groups is 1. The number of carbonyl (C=O) groups is 1. The molecule has 1 unspecified atom stereocenters. The molecule has 0 aliphatic carbocycles. The van der Waals surface area contributed by atoms with Gasteiger partial charge in [0.25, 0.3) is 0 Å². The molecule has 0 aromatic heterocycles. The minimum Gasteiger partial charge on any atom is -0.341 e. The van der Waals surface area contributed by atoms with Crippen molar-refractivity contribution in [1.29, 1.82) is 0 Å². The van der Waals surface area contributed by atoms with Crippen LogP contribution < -0.4 is 5.32 Å². The molecule has 2 rings (SSSR count). The number of nitrogens with one attached hydrogen (secondary N) is 1. The number of carbonyl (C=O) groups excluding carboxylic acids is 1. The topological polar surface area (TPSA) is 32.3 Å². The van der Waals surface area contributed by atoms with Gasteiger partial charge in [-0.3, -0.25) is 4.79 Å². The van der Waals surface area contributed by atoms with Crippen molar-refractivity contribution in [2.24, 2.45) is 5.92 Å². The van der Waals surface area contributed by atoms with E-state index in [0.29, 0.717) is 11.9 Å². The molecule has 2 heterocycles. The van der Waals surface area contributed by atoms with E-state index in [1.165, 1.54) is 24.3 Å². The van der Waals surface area contributed by atoms with Crippen LogP contribution in [0.4, 0.5) is 0 Å². The van der Waals surface area contributed by atoms with Gasteiger partial charge in [0.05, 0.1) is 6.04 Å². The summed E-state index contributed by atoms with van der Waals surface area (Å²) >= 11 is 2.05. The average molecular weight is 270 g/mol. The van der Waals surface area contributed by atoms with E-state index in [2.05, 4.69) is 35.8 Å². The molecule has 0 aromatic carbocycles. The van der Waals surface area contributed by atoms with E-state index in [0.717, 1.165) is 31.8 Å². The lowest BCUT2D eigenvalue weighted by Gasteiger charge is -2.36. The lowest BCUT2D eigenvalue weighted by Crippen LogP contribution is -2.53. The molecule has 0 bridgehead atoms. The molecule has 104 valence electrons. The van der Waals surface area contributed by atoms with E-state index in [-0.39, 0.29) is 6.04 Å². The zero-order chi connectivity index (χ0) is 13.0. The van der Waals surface area contributed by atoms with Crippen molar-refractivity contribution in [3.05, 3.63) is 0 Å². The van der Waals surface area contributed by atoms with Crippen LogP contribution >= 0.6 is 11.8 Å². The smallest absolute Gasteiger partial charge is 0.239 e. The SMILES string of the molecule is CC(C)NC1CCCN(CC2CCSCC2)C1=O. The van der Waals surface area contributed by atoms with Crippen molar-refractivity contribution < 1.29 is 4.79 Å². The van der Waals surface area contributed by atoms with Crippen LogP contribution in [0.5, 0.6) is 0 Å². The average Bonchev–Trinajstić information content (AvgIpc) is 2.35. The minimum atomic E-state index is 0.0664. The summed E-state index contributed by atoms with van der Waals surface area (Å²) in [6, 6.07) is 0.460. The molecular weight excluding hydrogens is 244 g/mol. The molecular formula is C14H26N2OS. The van der Waals surface area contributed by atoms with Gasteiger partial charge in [-0.05, 0) is 43.1 Å². The molecule has 1 amide bonds. The quantitative estimate of drug-likeness (QED) is 0.849. The highest BCUT2D eigenvalue weighted by atomic mass is 32.2. The Labute approximate surface area is 115 Å². The highest BCUT2D eigenvalue weighted by Crippen LogP contribution is 2.25. The lowest BCUT2D eigenvalue weighted by atomic mass is 9.98. The zero-order valence-electron chi connectivity index (χ0n) is 11.7. The Kier molecular flexibility index (Phi) is 5.37. The van der Waals surface area contributed by atoms with Crippen LogP contribution in [0.2, 0.25) is 0 Å². The van der Waals surface area contributed by atoms with Crippen LogP contribution in [0.1, 0.15) is 39.5 Å². The molecule has 4 heteroatoms. The second kappa shape index (κ2) is 6.80. The molecule has 3 nitrogen and oxygen atoms in total. The minimum absolute atomic E-state index is 0.0664. The number of likely N-dealkylation sites (tertiary alicyclic amines) is 1. The van der Waals surface area contributed by atoms with Crippen LogP contribution in [-0.2, 0) is 4.79 Å². The van der Waals surface area contributed by atoms with Crippen LogP contribution in [0.3, 0.4) is 0 Å². The third kappa shape index (κ3) is 3.89. The predicted molar refractivity (Wildman–Crippen MR) is 77.9 cm³/mol. The first-order chi connectivity index (χ1) is 8.66. The second-order valence-electron chi connectivity index (χ2n) is 5.86. The molecule has 0 spiro atoms. The maximum Gasteiger partial charge on any atom is 0.239 e. The van der Waals surface area contributed by atoms with E-state index in [4.69, 9.17) is 0 Å². The maximum atomic E-state index is 12.4. The number of hydrogen-bond donors (Lipinski definition) is 1. The summed E-state index contributed by atoms with van der Waals surface area (Å²) in [5.74, 6) is 3.64. The van der Waals surface area contributed by atoms with Crippen molar-refractivity contribution in [2.45, 2.75) is 51.6 Å². The van der Waals surface area contributed by atoms with E-state index >= 15 is 0 Å². The van der Waals surface area contributed by atoms with E-state index in [1.807, 2.05) is 0 Å². The van der Waals surface area contributed by atoms with Gasteiger partial charge in [-0.15, -0.1) is 0 Å². The van der Waals surface area contributed by atoms with Crippen molar-refractivity contribution >= 4 is 17.7 Å². The van der Waals surface area contributed by atoms with Gasteiger partial charge >= 0.3 is 0 Å². The van der Waals surface area contributed by atoms with Crippen LogP contribution in [0.15, 0.2) is 0 Å². The summed E-state index contributed by atoms with van der Waals surface area (Å²) in [5, 5.41) is 3.40. The maximum absolute atomic E-state index is 12.4. The molecule has 2 aliphatic heterocycles. The third-order valence-corrected chi connectivity index (χ3v) is 4.93. The number of amides is 1. The Morgan fingerprint density at radius 2 is 2.06 bits per heavy atom. The monoisotopic (exact) mass is 270 g/mol. The van der Waals surface area contributed by atoms with Gasteiger partial charge in [-0.2, -0.15) is 11.8 Å². The summed E-state index contributed by atoms with van der Waals surface area (Å²) in [4.78, 5) is 14.5. The molecule has 1 atom stereocenters. The first-order valence-corrected chi connectivity index (χ1v) is 8.45. The standard InChI is InChI=1S/C14H26N2OS/c1-11(2)15-13-4-3-7-16(14(13)17)10-12-5-8-18-9-6-12/h11-13,15H,3-10H2,1-2H3. The first-order valence-electron chi connectivity index (χ1n) is 7.29. The van der Waals surface area contributed by atoms with Gasteiger partial charge in [0.15, 0.2) is 0 Å². The van der Waals surface area contributed by atoms with Crippen LogP contribution in [0.25, 0.3) is 0 Å². The van der Waals surface area contributed by atoms with Crippen molar-refractivity contribution in [2.75, 3.05) is 24.6 Å². The Morgan fingerprint density at radius 1 is 1.33 bits per heavy atom. The molecule has 0 saturated carbocycles. The van der Waals surface area contributed by atoms with Crippen molar-refractivity contribution in [3.63, 3.8) is 0 Å². The molecule has 1 N–H and O–H groups in total. The first kappa shape index (κ1) is 14.2. The molecule has 18 heavy (non-hydrogen) atoms. The molecule has 2 saturated heterocycles. The summed E-state index contributed by atoms with van der Waals surface area (Å²) in [7, 11) is 0. The number of nitrogens with zero attached hydrogens (tertiary/aromatic N) is 1. The summed E-state index contributed by atoms with van der Waals surface area (Å²) in [5.41, 5.74) is 0. The van der Waals surface area contributed by atoms with Crippen LogP contribution in [-0.4, -0.2) is 47.5 Å². The lowest BCUT2D eigenvalue weighted by molar-refractivity contribution is -0.136. The predicted octanol–water partition coefficient (Wildman–Crippen LogP) is 2.12. The summed E-state index contributed by atoms with van der Waals surface area (Å²) < 4.78 is 0. The van der Waals surface area contributed by atoms with E-state index in [1.54, 1.807) is 0 Å². The molecule has 2 aliphatic rings. The molecule has 0 radical (unpaired) electrons. The van der Waals surface area contributed by atoms with Crippen molar-refractivity contribution in [3.8, 4) is 0 Å². The Morgan fingerprint density at radius 3 is 2.72 bits per heavy atom. The normalized spacial score (nSPS) is 26.9. The fourth-order valence-electron chi connectivity index (χ4n) is 2.92. The van der Waals surface area contributed by atoms with Gasteiger partial charge in [0.1, 0.15) is 0 Å². The van der Waals surface area contributed by atoms with Gasteiger partial charge in [-0.1, -0.05) is 13.8 Å². The molecule has 2 fully saturated rings. The Balaban J connectivity index is 1.85. The van der Waals surface area contributed by atoms with Crippen molar-refractivity contribution in [1.82, 2.24) is 10.2 Å². The van der Waals surface area contributed by atoms with E-state index in [9.17, 15) is 4.79 Å². The number of rotatable bonds is 4. The largest absolute Gasteiger partial charge is 0.341 e. The number of hydrogen-bond acceptors (Lipinski definition) is 3. The van der Waals surface area contributed by atoms with Crippen LogP contribution in [0, 0.1) is 5.92 Å². The highest BCUT2D eigenvalue weighted by molar-refractivity contribution is 7.99. The fraction of sp³-hybridized carbons (Fsp3) is 0.929. The van der Waals surface area contributed by atoms with Gasteiger partial charge in [-0.25, -0.2) is 0 Å².